The van der Waals surface area contributed by atoms with Crippen molar-refractivity contribution in [3.63, 3.8) is 0 Å². The van der Waals surface area contributed by atoms with E-state index in [1.807, 2.05) is 16.6 Å². The van der Waals surface area contributed by atoms with E-state index in [0.29, 0.717) is 0 Å². The Balaban J connectivity index is 1.13. The molecule has 0 N–H and O–H groups in total. The van der Waals surface area contributed by atoms with Crippen molar-refractivity contribution in [3.05, 3.63) is 194 Å². The molecular formula is C52H33N3. The van der Waals surface area contributed by atoms with Gasteiger partial charge in [0.05, 0.1) is 16.7 Å². The summed E-state index contributed by atoms with van der Waals surface area (Å²) in [6.07, 6.45) is 1.79. The molecule has 0 bridgehead atoms. The predicted octanol–water partition coefficient (Wildman–Crippen LogP) is 13.8. The van der Waals surface area contributed by atoms with E-state index in [4.69, 9.17) is 10.1 Å². The normalized spacial score (nSPS) is 11.7. The lowest BCUT2D eigenvalue weighted by Crippen LogP contribution is -1.99. The summed E-state index contributed by atoms with van der Waals surface area (Å²) < 4.78 is 1.94. The number of nitrogens with zero attached hydrogens (tertiary/aromatic N) is 3. The van der Waals surface area contributed by atoms with E-state index in [-0.39, 0.29) is 0 Å². The largest absolute Gasteiger partial charge is 0.228 e. The number of rotatable bonds is 5. The molecule has 0 saturated carbocycles. The van der Waals surface area contributed by atoms with Gasteiger partial charge in [-0.25, -0.2) is 9.50 Å². The highest BCUT2D eigenvalue weighted by molar-refractivity contribution is 6.22. The summed E-state index contributed by atoms with van der Waals surface area (Å²) in [7, 11) is 0. The van der Waals surface area contributed by atoms with Gasteiger partial charge in [-0.05, 0) is 113 Å². The summed E-state index contributed by atoms with van der Waals surface area (Å²) in [4.78, 5) is 5.08. The summed E-state index contributed by atoms with van der Waals surface area (Å²) in [5.41, 5.74) is 11.0. The highest BCUT2D eigenvalue weighted by Gasteiger charge is 2.19. The third-order valence-electron chi connectivity index (χ3n) is 11.1. The number of benzene rings is 9. The average molecular weight is 700 g/mol. The van der Waals surface area contributed by atoms with Gasteiger partial charge < -0.3 is 0 Å². The zero-order chi connectivity index (χ0) is 36.5. The van der Waals surface area contributed by atoms with Crippen molar-refractivity contribution in [2.75, 3.05) is 0 Å². The molecule has 0 atom stereocenters. The van der Waals surface area contributed by atoms with Crippen LogP contribution in [0.2, 0.25) is 0 Å². The molecule has 3 heteroatoms. The quantitative estimate of drug-likeness (QED) is 0.167. The van der Waals surface area contributed by atoms with Gasteiger partial charge in [-0.1, -0.05) is 158 Å². The molecule has 9 aromatic carbocycles. The fourth-order valence-corrected chi connectivity index (χ4v) is 8.47. The Hall–Kier alpha value is -7.36. The van der Waals surface area contributed by atoms with Gasteiger partial charge in [0.15, 0.2) is 5.82 Å². The highest BCUT2D eigenvalue weighted by Crippen LogP contribution is 2.46. The van der Waals surface area contributed by atoms with Gasteiger partial charge in [-0.15, -0.1) is 0 Å². The zero-order valence-corrected chi connectivity index (χ0v) is 29.9. The lowest BCUT2D eigenvalue weighted by Gasteiger charge is -2.19. The number of para-hydroxylation sites is 1. The lowest BCUT2D eigenvalue weighted by molar-refractivity contribution is 0.939. The first-order valence-electron chi connectivity index (χ1n) is 18.7. The van der Waals surface area contributed by atoms with E-state index in [9.17, 15) is 0 Å². The second kappa shape index (κ2) is 12.4. The van der Waals surface area contributed by atoms with E-state index in [1.165, 1.54) is 65.3 Å². The monoisotopic (exact) mass is 699 g/mol. The Kier molecular flexibility index (Phi) is 7.01. The second-order valence-corrected chi connectivity index (χ2v) is 14.3. The van der Waals surface area contributed by atoms with Crippen LogP contribution in [-0.2, 0) is 0 Å². The molecule has 11 rings (SSSR count). The molecule has 0 aliphatic heterocycles. The van der Waals surface area contributed by atoms with E-state index in [1.54, 1.807) is 6.08 Å². The van der Waals surface area contributed by atoms with Crippen LogP contribution < -0.4 is 0 Å². The summed E-state index contributed by atoms with van der Waals surface area (Å²) in [5.74, 6) is 0.803. The lowest BCUT2D eigenvalue weighted by atomic mass is 9.84. The molecule has 2 heterocycles. The molecule has 0 radical (unpaired) electrons. The second-order valence-electron chi connectivity index (χ2n) is 14.3. The van der Waals surface area contributed by atoms with Crippen molar-refractivity contribution in [2.45, 2.75) is 0 Å². The van der Waals surface area contributed by atoms with Crippen LogP contribution in [-0.4, -0.2) is 14.6 Å². The fraction of sp³-hybridized carbons (Fsp3) is 0. The van der Waals surface area contributed by atoms with Crippen molar-refractivity contribution < 1.29 is 0 Å². The van der Waals surface area contributed by atoms with E-state index in [0.717, 1.165) is 44.6 Å². The van der Waals surface area contributed by atoms with Gasteiger partial charge in [0.1, 0.15) is 0 Å². The number of hydrogen-bond donors (Lipinski definition) is 0. The standard InChI is InChI=1S/C52H33N3/c1-2-42-32-49-46-17-9-10-18-48(46)53-52(55(49)54-42)36-23-19-35(20-24-36)39-27-28-45-47(31-39)51(41-26-22-34-12-4-6-14-38(34)30-41)44-16-8-7-15-43(44)50(45)40-25-21-33-11-3-5-13-37(33)29-40/h2-32H,1H2. The minimum absolute atomic E-state index is 0.803. The smallest absolute Gasteiger partial charge is 0.161 e. The maximum absolute atomic E-state index is 5.08. The Morgan fingerprint density at radius 3 is 1.56 bits per heavy atom. The van der Waals surface area contributed by atoms with Gasteiger partial charge in [0.25, 0.3) is 0 Å². The van der Waals surface area contributed by atoms with Crippen molar-refractivity contribution in [1.82, 2.24) is 14.6 Å². The molecule has 0 saturated heterocycles. The molecule has 3 nitrogen and oxygen atoms in total. The molecule has 55 heavy (non-hydrogen) atoms. The van der Waals surface area contributed by atoms with Gasteiger partial charge in [0.2, 0.25) is 0 Å². The van der Waals surface area contributed by atoms with Crippen LogP contribution in [0.4, 0.5) is 0 Å². The maximum Gasteiger partial charge on any atom is 0.161 e. The first-order chi connectivity index (χ1) is 27.2. The van der Waals surface area contributed by atoms with Crippen LogP contribution in [0.1, 0.15) is 5.69 Å². The molecule has 0 unspecified atom stereocenters. The van der Waals surface area contributed by atoms with E-state index >= 15 is 0 Å². The Labute approximate surface area is 318 Å². The number of hydrogen-bond acceptors (Lipinski definition) is 2. The topological polar surface area (TPSA) is 30.2 Å². The fourth-order valence-electron chi connectivity index (χ4n) is 8.47. The van der Waals surface area contributed by atoms with E-state index < -0.39 is 0 Å². The van der Waals surface area contributed by atoms with Crippen LogP contribution in [0.25, 0.3) is 110 Å². The predicted molar refractivity (Wildman–Crippen MR) is 232 cm³/mol. The summed E-state index contributed by atoms with van der Waals surface area (Å²) in [6, 6.07) is 65.9. The molecular weight excluding hydrogens is 667 g/mol. The maximum atomic E-state index is 5.08. The molecule has 2 aromatic heterocycles. The third kappa shape index (κ3) is 5.05. The molecule has 0 spiro atoms. The third-order valence-corrected chi connectivity index (χ3v) is 11.1. The van der Waals surface area contributed by atoms with Crippen LogP contribution >= 0.6 is 0 Å². The molecule has 0 amide bonds. The van der Waals surface area contributed by atoms with Crippen LogP contribution in [0.5, 0.6) is 0 Å². The molecule has 0 fully saturated rings. The Morgan fingerprint density at radius 2 is 0.909 bits per heavy atom. The molecule has 0 aliphatic carbocycles. The van der Waals surface area contributed by atoms with Gasteiger partial charge in [-0.3, -0.25) is 0 Å². The summed E-state index contributed by atoms with van der Waals surface area (Å²) >= 11 is 0. The van der Waals surface area contributed by atoms with Crippen molar-refractivity contribution in [1.29, 1.82) is 0 Å². The van der Waals surface area contributed by atoms with Gasteiger partial charge >= 0.3 is 0 Å². The number of aromatic nitrogens is 3. The summed E-state index contributed by atoms with van der Waals surface area (Å²) in [5, 5.41) is 15.8. The summed E-state index contributed by atoms with van der Waals surface area (Å²) in [6.45, 7) is 3.97. The minimum Gasteiger partial charge on any atom is -0.228 e. The van der Waals surface area contributed by atoms with Crippen molar-refractivity contribution in [2.24, 2.45) is 0 Å². The average Bonchev–Trinajstić information content (AvgIpc) is 3.70. The molecule has 0 aliphatic rings. The SMILES string of the molecule is C=Cc1cc2c3ccccc3nc(-c3ccc(-c4ccc5c(-c6ccc7ccccc7c6)c6ccccc6c(-c6ccc7ccccc7c6)c5c4)cc3)n2n1. The van der Waals surface area contributed by atoms with Crippen molar-refractivity contribution in [3.8, 4) is 44.8 Å². The van der Waals surface area contributed by atoms with Crippen LogP contribution in [0.15, 0.2) is 189 Å². The minimum atomic E-state index is 0.803. The first-order valence-corrected chi connectivity index (χ1v) is 18.7. The first kappa shape index (κ1) is 31.2. The van der Waals surface area contributed by atoms with Gasteiger partial charge in [0, 0.05) is 10.9 Å². The van der Waals surface area contributed by atoms with Crippen LogP contribution in [0, 0.1) is 0 Å². The Morgan fingerprint density at radius 1 is 0.400 bits per heavy atom. The molecule has 256 valence electrons. The number of fused-ring (bicyclic) bond motifs is 7. The highest BCUT2D eigenvalue weighted by atomic mass is 15.3. The van der Waals surface area contributed by atoms with E-state index in [2.05, 4.69) is 176 Å². The van der Waals surface area contributed by atoms with Crippen molar-refractivity contribution >= 4 is 65.6 Å². The van der Waals surface area contributed by atoms with Crippen LogP contribution in [0.3, 0.4) is 0 Å². The Bertz CT molecular complexity index is 3330. The molecule has 11 aromatic rings. The van der Waals surface area contributed by atoms with Gasteiger partial charge in [-0.2, -0.15) is 5.10 Å². The zero-order valence-electron chi connectivity index (χ0n) is 29.9.